The molecule has 2 aromatic heterocycles. The van der Waals surface area contributed by atoms with Gasteiger partial charge in [-0.3, -0.25) is 0 Å². The number of carbonyl (C=O) groups excluding carboxylic acids is 1. The Labute approximate surface area is 167 Å². The largest absolute Gasteiger partial charge is 1.00 e. The van der Waals surface area contributed by atoms with Gasteiger partial charge in [0.1, 0.15) is 5.97 Å². The van der Waals surface area contributed by atoms with Crippen molar-refractivity contribution in [2.24, 2.45) is 0 Å². The standard InChI is InChI=1S/C12H11N3O6.K/c1-19-8-6-9(20-2)14-12(13-8)21-7-4-3-5-15(18)10(7)11(16)17;/h3-6H,1-2H3,(H,16,17);/q;+1/p-1. The molecule has 0 aromatic carbocycles. The Morgan fingerprint density at radius 3 is 2.32 bits per heavy atom. The third kappa shape index (κ3) is 4.27. The summed E-state index contributed by atoms with van der Waals surface area (Å²) in [6.45, 7) is 0. The molecule has 2 rings (SSSR count). The summed E-state index contributed by atoms with van der Waals surface area (Å²) in [5.74, 6) is -1.64. The van der Waals surface area contributed by atoms with Crippen molar-refractivity contribution in [2.45, 2.75) is 0 Å². The number of ether oxygens (including phenoxy) is 3. The summed E-state index contributed by atoms with van der Waals surface area (Å²) in [5, 5.41) is 22.4. The first-order valence-electron chi connectivity index (χ1n) is 5.63. The van der Waals surface area contributed by atoms with Crippen molar-refractivity contribution < 1.29 is 80.2 Å². The average molecular weight is 331 g/mol. The molecule has 0 fully saturated rings. The van der Waals surface area contributed by atoms with Crippen LogP contribution in [0.5, 0.6) is 23.5 Å². The van der Waals surface area contributed by atoms with Gasteiger partial charge in [0.2, 0.25) is 17.5 Å². The molecule has 2 heterocycles. The van der Waals surface area contributed by atoms with E-state index in [-0.39, 0.29) is 79.6 Å². The van der Waals surface area contributed by atoms with Crippen molar-refractivity contribution in [3.63, 3.8) is 0 Å². The quantitative estimate of drug-likeness (QED) is 0.312. The van der Waals surface area contributed by atoms with Crippen LogP contribution in [0.15, 0.2) is 24.4 Å². The molecule has 2 aromatic rings. The molecule has 0 aliphatic heterocycles. The Balaban J connectivity index is 0.00000242. The molecule has 0 aliphatic carbocycles. The van der Waals surface area contributed by atoms with Crippen LogP contribution in [0.1, 0.15) is 10.5 Å². The number of aromatic carboxylic acids is 1. The second kappa shape index (κ2) is 8.24. The van der Waals surface area contributed by atoms with Gasteiger partial charge in [-0.25, -0.2) is 0 Å². The van der Waals surface area contributed by atoms with Gasteiger partial charge >= 0.3 is 57.4 Å². The summed E-state index contributed by atoms with van der Waals surface area (Å²) in [6.07, 6.45) is 1.00. The SMILES string of the molecule is COc1cc(OC)nc(Oc2ccc[n+]([O-])c2C(=O)[O-])n1.[K+]. The molecule has 0 saturated carbocycles. The maximum Gasteiger partial charge on any atom is 1.00 e. The first-order chi connectivity index (χ1) is 10.0. The van der Waals surface area contributed by atoms with Crippen LogP contribution in [-0.4, -0.2) is 30.2 Å². The van der Waals surface area contributed by atoms with Gasteiger partial charge in [0.05, 0.1) is 20.3 Å². The Hall–Kier alpha value is -1.46. The molecule has 0 amide bonds. The third-order valence-electron chi connectivity index (χ3n) is 2.39. The van der Waals surface area contributed by atoms with E-state index in [2.05, 4.69) is 9.97 Å². The number of aromatic nitrogens is 3. The van der Waals surface area contributed by atoms with Crippen LogP contribution < -0.4 is 75.4 Å². The molecule has 0 bridgehead atoms. The predicted molar refractivity (Wildman–Crippen MR) is 64.9 cm³/mol. The van der Waals surface area contributed by atoms with E-state index in [0.717, 1.165) is 6.20 Å². The molecule has 0 atom stereocenters. The summed E-state index contributed by atoms with van der Waals surface area (Å²) in [4.78, 5) is 18.7. The fourth-order valence-electron chi connectivity index (χ4n) is 1.48. The van der Waals surface area contributed by atoms with Gasteiger partial charge in [-0.1, -0.05) is 0 Å². The number of rotatable bonds is 5. The van der Waals surface area contributed by atoms with Gasteiger partial charge in [-0.2, -0.15) is 14.7 Å². The molecule has 0 unspecified atom stereocenters. The number of nitrogens with zero attached hydrogens (tertiary/aromatic N) is 3. The smallest absolute Gasteiger partial charge is 0.618 e. The van der Waals surface area contributed by atoms with Crippen LogP contribution in [-0.2, 0) is 0 Å². The molecule has 10 heteroatoms. The van der Waals surface area contributed by atoms with Gasteiger partial charge in [-0.15, -0.1) is 0 Å². The zero-order chi connectivity index (χ0) is 15.4. The molecule has 0 saturated heterocycles. The van der Waals surface area contributed by atoms with Crippen LogP contribution >= 0.6 is 0 Å². The number of hydrogen-bond acceptors (Lipinski definition) is 8. The molecule has 9 nitrogen and oxygen atoms in total. The Morgan fingerprint density at radius 2 is 1.82 bits per heavy atom. The normalized spacial score (nSPS) is 9.55. The molecule has 0 N–H and O–H groups in total. The van der Waals surface area contributed by atoms with Crippen molar-refractivity contribution >= 4 is 5.97 Å². The van der Waals surface area contributed by atoms with E-state index in [9.17, 15) is 15.1 Å². The summed E-state index contributed by atoms with van der Waals surface area (Å²) in [7, 11) is 2.76. The molecule has 110 valence electrons. The molecule has 0 aliphatic rings. The monoisotopic (exact) mass is 331 g/mol. The number of carbonyl (C=O) groups is 1. The van der Waals surface area contributed by atoms with E-state index in [1.54, 1.807) is 0 Å². The molecule has 0 radical (unpaired) electrons. The van der Waals surface area contributed by atoms with E-state index in [0.29, 0.717) is 0 Å². The van der Waals surface area contributed by atoms with Crippen molar-refractivity contribution in [1.82, 2.24) is 9.97 Å². The minimum absolute atomic E-state index is 0. The van der Waals surface area contributed by atoms with Crippen molar-refractivity contribution in [3.05, 3.63) is 35.3 Å². The van der Waals surface area contributed by atoms with Crippen LogP contribution in [0.4, 0.5) is 0 Å². The average Bonchev–Trinajstić information content (AvgIpc) is 2.46. The summed E-state index contributed by atoms with van der Waals surface area (Å²) >= 11 is 0. The topological polar surface area (TPSA) is 121 Å². The summed E-state index contributed by atoms with van der Waals surface area (Å²) in [5.41, 5.74) is -0.692. The number of methoxy groups -OCH3 is 2. The molecule has 22 heavy (non-hydrogen) atoms. The van der Waals surface area contributed by atoms with E-state index < -0.39 is 11.7 Å². The fraction of sp³-hybridized carbons (Fsp3) is 0.167. The van der Waals surface area contributed by atoms with Crippen LogP contribution in [0.2, 0.25) is 0 Å². The van der Waals surface area contributed by atoms with Gasteiger partial charge in [0.25, 0.3) is 5.69 Å². The van der Waals surface area contributed by atoms with E-state index >= 15 is 0 Å². The number of pyridine rings is 1. The van der Waals surface area contributed by atoms with E-state index in [1.165, 1.54) is 32.4 Å². The Bertz CT molecular complexity index is 660. The Morgan fingerprint density at radius 1 is 1.23 bits per heavy atom. The molecular weight excluding hydrogens is 321 g/mol. The van der Waals surface area contributed by atoms with Crippen LogP contribution in [0, 0.1) is 5.21 Å². The minimum Gasteiger partial charge on any atom is -0.618 e. The predicted octanol–water partition coefficient (Wildman–Crippen LogP) is -3.71. The molecular formula is C12H10KN3O6. The summed E-state index contributed by atoms with van der Waals surface area (Å²) < 4.78 is 15.2. The minimum atomic E-state index is -1.68. The number of carboxylic acids is 1. The van der Waals surface area contributed by atoms with Gasteiger partial charge in [0.15, 0.2) is 6.20 Å². The van der Waals surface area contributed by atoms with Crippen LogP contribution in [0.25, 0.3) is 0 Å². The fourth-order valence-corrected chi connectivity index (χ4v) is 1.48. The first-order valence-corrected chi connectivity index (χ1v) is 5.63. The van der Waals surface area contributed by atoms with E-state index in [1.807, 2.05) is 0 Å². The van der Waals surface area contributed by atoms with Crippen molar-refractivity contribution in [2.75, 3.05) is 14.2 Å². The van der Waals surface area contributed by atoms with Gasteiger partial charge in [-0.05, 0) is 6.07 Å². The third-order valence-corrected chi connectivity index (χ3v) is 2.39. The van der Waals surface area contributed by atoms with Crippen molar-refractivity contribution in [3.8, 4) is 23.5 Å². The van der Waals surface area contributed by atoms with Crippen LogP contribution in [0.3, 0.4) is 0 Å². The van der Waals surface area contributed by atoms with Crippen molar-refractivity contribution in [1.29, 1.82) is 0 Å². The Kier molecular flexibility index (Phi) is 6.96. The molecule has 0 spiro atoms. The van der Waals surface area contributed by atoms with Gasteiger partial charge < -0.3 is 29.3 Å². The second-order valence-corrected chi connectivity index (χ2v) is 3.67. The zero-order valence-corrected chi connectivity index (χ0v) is 15.2. The second-order valence-electron chi connectivity index (χ2n) is 3.67. The maximum atomic E-state index is 11.4. The summed E-state index contributed by atoms with van der Waals surface area (Å²) in [6, 6.07) is 3.76. The maximum absolute atomic E-state index is 11.4. The van der Waals surface area contributed by atoms with Gasteiger partial charge in [0, 0.05) is 6.07 Å². The number of hydrogen-bond donors (Lipinski definition) is 0. The first kappa shape index (κ1) is 18.6. The zero-order valence-electron chi connectivity index (χ0n) is 12.1. The van der Waals surface area contributed by atoms with E-state index in [4.69, 9.17) is 14.2 Å². The number of carboxylic acid groups (broad SMARTS) is 1.